The molecule has 0 radical (unpaired) electrons. The summed E-state index contributed by atoms with van der Waals surface area (Å²) in [5, 5.41) is 11.6. The lowest BCUT2D eigenvalue weighted by atomic mass is 9.82. The van der Waals surface area contributed by atoms with Gasteiger partial charge in [0.1, 0.15) is 11.2 Å². The third kappa shape index (κ3) is 4.50. The van der Waals surface area contributed by atoms with Crippen LogP contribution in [-0.2, 0) is 5.41 Å². The summed E-state index contributed by atoms with van der Waals surface area (Å²) in [6.45, 7) is 4.60. The molecule has 2 aromatic heterocycles. The predicted octanol–water partition coefficient (Wildman–Crippen LogP) is 13.7. The molecule has 0 aliphatic heterocycles. The summed E-state index contributed by atoms with van der Waals surface area (Å²) < 4.78 is 6.66. The third-order valence-electron chi connectivity index (χ3n) is 12.1. The number of rotatable bonds is 3. The van der Waals surface area contributed by atoms with Gasteiger partial charge in [-0.1, -0.05) is 147 Å². The van der Waals surface area contributed by atoms with Gasteiger partial charge >= 0.3 is 0 Å². The van der Waals surface area contributed by atoms with E-state index in [0.717, 1.165) is 44.0 Å². The molecule has 0 bridgehead atoms. The zero-order valence-electron chi connectivity index (χ0n) is 30.8. The maximum Gasteiger partial charge on any atom is 0.164 e. The highest BCUT2D eigenvalue weighted by atomic mass is 16.3. The van der Waals surface area contributed by atoms with Crippen LogP contribution >= 0.6 is 0 Å². The zero-order valence-corrected chi connectivity index (χ0v) is 30.8. The van der Waals surface area contributed by atoms with Gasteiger partial charge in [-0.25, -0.2) is 15.0 Å². The number of benzene rings is 9. The van der Waals surface area contributed by atoms with Crippen LogP contribution in [0.25, 0.3) is 110 Å². The van der Waals surface area contributed by atoms with Crippen molar-refractivity contribution in [3.05, 3.63) is 175 Å². The van der Waals surface area contributed by atoms with Crippen molar-refractivity contribution in [3.63, 3.8) is 0 Å². The molecule has 0 saturated heterocycles. The van der Waals surface area contributed by atoms with Crippen LogP contribution in [0.4, 0.5) is 0 Å². The number of fused-ring (bicyclic) bond motifs is 12. The maximum absolute atomic E-state index is 6.66. The standard InChI is InChI=1S/C52H33N3O/c1-52(2)43-16-8-7-14-38(43)41-28-42-46(29-44(41)52)56-45-17-9-15-39(48(42)45)51-54-49(35-24-18-30-10-3-4-12-34(30)26-35)53-50(55-51)36-25-21-32-20-23-33-22-19-31-11-5-6-13-37(31)47(33)40(32)27-36/h3-29H,1-2H3. The molecule has 4 heteroatoms. The minimum Gasteiger partial charge on any atom is -0.456 e. The molecular weight excluding hydrogens is 683 g/mol. The minimum absolute atomic E-state index is 0.128. The highest BCUT2D eigenvalue weighted by Gasteiger charge is 2.36. The monoisotopic (exact) mass is 715 g/mol. The third-order valence-corrected chi connectivity index (χ3v) is 12.1. The molecule has 262 valence electrons. The van der Waals surface area contributed by atoms with Crippen molar-refractivity contribution < 1.29 is 4.42 Å². The van der Waals surface area contributed by atoms with Gasteiger partial charge in [-0.15, -0.1) is 0 Å². The molecule has 4 nitrogen and oxygen atoms in total. The largest absolute Gasteiger partial charge is 0.456 e. The van der Waals surface area contributed by atoms with Crippen LogP contribution in [0.15, 0.2) is 168 Å². The van der Waals surface area contributed by atoms with E-state index >= 15 is 0 Å². The van der Waals surface area contributed by atoms with E-state index in [1.165, 1.54) is 60.0 Å². The molecule has 0 amide bonds. The Kier molecular flexibility index (Phi) is 6.37. The molecule has 2 heterocycles. The van der Waals surface area contributed by atoms with Crippen molar-refractivity contribution in [2.45, 2.75) is 19.3 Å². The Morgan fingerprint density at radius 2 is 1.00 bits per heavy atom. The molecule has 0 atom stereocenters. The van der Waals surface area contributed by atoms with Crippen LogP contribution < -0.4 is 0 Å². The highest BCUT2D eigenvalue weighted by molar-refractivity contribution is 6.20. The molecule has 0 saturated carbocycles. The SMILES string of the molecule is CC1(C)c2ccccc2-c2cc3c(cc21)oc1cccc(-c2nc(-c4ccc5ccccc5c4)nc(-c4ccc5ccc6ccc7ccccc7c6c5c4)n2)c13. The van der Waals surface area contributed by atoms with Crippen molar-refractivity contribution in [1.82, 2.24) is 15.0 Å². The summed E-state index contributed by atoms with van der Waals surface area (Å²) >= 11 is 0. The van der Waals surface area contributed by atoms with E-state index in [9.17, 15) is 0 Å². The van der Waals surface area contributed by atoms with Crippen molar-refractivity contribution in [1.29, 1.82) is 0 Å². The van der Waals surface area contributed by atoms with Crippen molar-refractivity contribution in [2.75, 3.05) is 0 Å². The summed E-state index contributed by atoms with van der Waals surface area (Å²) in [4.78, 5) is 15.8. The van der Waals surface area contributed by atoms with Crippen molar-refractivity contribution >= 4 is 65.0 Å². The minimum atomic E-state index is -0.128. The van der Waals surface area contributed by atoms with Crippen molar-refractivity contribution in [3.8, 4) is 45.3 Å². The van der Waals surface area contributed by atoms with Gasteiger partial charge in [0.25, 0.3) is 0 Å². The van der Waals surface area contributed by atoms with Crippen LogP contribution in [0.1, 0.15) is 25.0 Å². The van der Waals surface area contributed by atoms with E-state index < -0.39 is 0 Å². The summed E-state index contributed by atoms with van der Waals surface area (Å²) in [5.74, 6) is 1.86. The van der Waals surface area contributed by atoms with Crippen molar-refractivity contribution in [2.24, 2.45) is 0 Å². The van der Waals surface area contributed by atoms with Crippen LogP contribution in [0, 0.1) is 0 Å². The van der Waals surface area contributed by atoms with E-state index in [4.69, 9.17) is 19.4 Å². The first-order valence-electron chi connectivity index (χ1n) is 19.2. The van der Waals surface area contributed by atoms with Crippen LogP contribution in [0.3, 0.4) is 0 Å². The molecule has 0 N–H and O–H groups in total. The predicted molar refractivity (Wildman–Crippen MR) is 231 cm³/mol. The molecule has 56 heavy (non-hydrogen) atoms. The topological polar surface area (TPSA) is 51.8 Å². The fraction of sp³-hybridized carbons (Fsp3) is 0.0577. The Labute approximate surface area is 322 Å². The lowest BCUT2D eigenvalue weighted by Crippen LogP contribution is -2.14. The fourth-order valence-corrected chi connectivity index (χ4v) is 9.25. The first-order valence-corrected chi connectivity index (χ1v) is 19.2. The van der Waals surface area contributed by atoms with Gasteiger partial charge in [-0.2, -0.15) is 0 Å². The Morgan fingerprint density at radius 1 is 0.375 bits per heavy atom. The summed E-state index contributed by atoms with van der Waals surface area (Å²) in [6.07, 6.45) is 0. The molecular formula is C52H33N3O. The van der Waals surface area contributed by atoms with Crippen LogP contribution in [0.2, 0.25) is 0 Å². The maximum atomic E-state index is 6.66. The second-order valence-corrected chi connectivity index (χ2v) is 15.6. The lowest BCUT2D eigenvalue weighted by Gasteiger charge is -2.21. The molecule has 0 fully saturated rings. The second kappa shape index (κ2) is 11.4. The molecule has 0 spiro atoms. The van der Waals surface area contributed by atoms with Gasteiger partial charge in [0.05, 0.1) is 0 Å². The molecule has 11 aromatic rings. The van der Waals surface area contributed by atoms with Gasteiger partial charge in [0.2, 0.25) is 0 Å². The fourth-order valence-electron chi connectivity index (χ4n) is 9.25. The van der Waals surface area contributed by atoms with Gasteiger partial charge in [-0.05, 0) is 95.7 Å². The van der Waals surface area contributed by atoms with Gasteiger partial charge < -0.3 is 4.42 Å². The van der Waals surface area contributed by atoms with Gasteiger partial charge in [0, 0.05) is 32.9 Å². The molecule has 9 aromatic carbocycles. The Balaban J connectivity index is 1.12. The lowest BCUT2D eigenvalue weighted by molar-refractivity contribution is 0.647. The number of furan rings is 1. The van der Waals surface area contributed by atoms with Gasteiger partial charge in [0.15, 0.2) is 17.5 Å². The quantitative estimate of drug-likeness (QED) is 0.171. The number of hydrogen-bond donors (Lipinski definition) is 0. The highest BCUT2D eigenvalue weighted by Crippen LogP contribution is 2.51. The number of nitrogens with zero attached hydrogens (tertiary/aromatic N) is 3. The second-order valence-electron chi connectivity index (χ2n) is 15.6. The molecule has 1 aliphatic carbocycles. The summed E-state index contributed by atoms with van der Waals surface area (Å²) in [7, 11) is 0. The first kappa shape index (κ1) is 31.2. The Morgan fingerprint density at radius 3 is 1.84 bits per heavy atom. The number of hydrogen-bond acceptors (Lipinski definition) is 4. The summed E-state index contributed by atoms with van der Waals surface area (Å²) in [5.41, 5.74) is 9.48. The van der Waals surface area contributed by atoms with Crippen LogP contribution in [-0.4, -0.2) is 15.0 Å². The van der Waals surface area contributed by atoms with E-state index in [1.807, 2.05) is 12.1 Å². The summed E-state index contributed by atoms with van der Waals surface area (Å²) in [6, 6.07) is 58.4. The molecule has 1 aliphatic rings. The van der Waals surface area contributed by atoms with E-state index in [2.05, 4.69) is 166 Å². The number of aromatic nitrogens is 3. The normalized spacial score (nSPS) is 13.3. The average molecular weight is 716 g/mol. The van der Waals surface area contributed by atoms with E-state index in [1.54, 1.807) is 0 Å². The Hall–Kier alpha value is -7.17. The average Bonchev–Trinajstić information content (AvgIpc) is 3.73. The molecule has 12 rings (SSSR count). The zero-order chi connectivity index (χ0) is 37.1. The smallest absolute Gasteiger partial charge is 0.164 e. The van der Waals surface area contributed by atoms with E-state index in [0.29, 0.717) is 17.5 Å². The van der Waals surface area contributed by atoms with Crippen LogP contribution in [0.5, 0.6) is 0 Å². The first-order chi connectivity index (χ1) is 27.5. The molecule has 0 unspecified atom stereocenters. The van der Waals surface area contributed by atoms with Gasteiger partial charge in [-0.3, -0.25) is 0 Å². The Bertz CT molecular complexity index is 3460. The van der Waals surface area contributed by atoms with E-state index in [-0.39, 0.29) is 5.41 Å².